The number of nitrogens with zero attached hydrogens (tertiary/aromatic N) is 1. The van der Waals surface area contributed by atoms with E-state index in [4.69, 9.17) is 0 Å². The van der Waals surface area contributed by atoms with E-state index in [9.17, 15) is 8.42 Å². The maximum atomic E-state index is 12.5. The molecule has 1 heterocycles. The van der Waals surface area contributed by atoms with Gasteiger partial charge in [0, 0.05) is 31.1 Å². The summed E-state index contributed by atoms with van der Waals surface area (Å²) < 4.78 is 26.6. The fourth-order valence-corrected chi connectivity index (χ4v) is 4.67. The van der Waals surface area contributed by atoms with Crippen LogP contribution in [-0.4, -0.2) is 43.9 Å². The van der Waals surface area contributed by atoms with E-state index in [0.29, 0.717) is 24.5 Å². The molecule has 1 aromatic rings. The van der Waals surface area contributed by atoms with Crippen molar-refractivity contribution in [3.05, 3.63) is 29.8 Å². The van der Waals surface area contributed by atoms with Crippen LogP contribution in [0.25, 0.3) is 0 Å². The summed E-state index contributed by atoms with van der Waals surface area (Å²) >= 11 is 1.81. The van der Waals surface area contributed by atoms with Gasteiger partial charge in [0.05, 0.1) is 4.90 Å². The Bertz CT molecular complexity index is 511. The van der Waals surface area contributed by atoms with E-state index in [1.807, 2.05) is 30.8 Å². The topological polar surface area (TPSA) is 49.4 Å². The van der Waals surface area contributed by atoms with E-state index in [2.05, 4.69) is 5.32 Å². The highest BCUT2D eigenvalue weighted by atomic mass is 32.2. The lowest BCUT2D eigenvalue weighted by Crippen LogP contribution is -2.37. The minimum atomic E-state index is -3.32. The molecule has 106 valence electrons. The Hall–Kier alpha value is -0.560. The third-order valence-electron chi connectivity index (χ3n) is 3.09. The van der Waals surface area contributed by atoms with Crippen LogP contribution in [0.2, 0.25) is 0 Å². The van der Waals surface area contributed by atoms with E-state index in [0.717, 1.165) is 23.6 Å². The van der Waals surface area contributed by atoms with Crippen LogP contribution in [0.3, 0.4) is 0 Å². The zero-order valence-corrected chi connectivity index (χ0v) is 12.8. The molecule has 4 nitrogen and oxygen atoms in total. The Morgan fingerprint density at radius 3 is 2.74 bits per heavy atom. The summed E-state index contributed by atoms with van der Waals surface area (Å²) in [5.41, 5.74) is 1.01. The van der Waals surface area contributed by atoms with Crippen LogP contribution in [0.5, 0.6) is 0 Å². The van der Waals surface area contributed by atoms with Gasteiger partial charge >= 0.3 is 0 Å². The van der Waals surface area contributed by atoms with Gasteiger partial charge in [0.15, 0.2) is 0 Å². The molecule has 0 unspecified atom stereocenters. The fraction of sp³-hybridized carbons (Fsp3) is 0.538. The number of thioether (sulfide) groups is 1. The minimum absolute atomic E-state index is 0.412. The van der Waals surface area contributed by atoms with Crippen molar-refractivity contribution in [2.75, 3.05) is 31.1 Å². The van der Waals surface area contributed by atoms with Gasteiger partial charge in [0.1, 0.15) is 0 Å². The van der Waals surface area contributed by atoms with E-state index < -0.39 is 10.0 Å². The largest absolute Gasteiger partial charge is 0.313 e. The van der Waals surface area contributed by atoms with E-state index >= 15 is 0 Å². The van der Waals surface area contributed by atoms with Crippen LogP contribution < -0.4 is 5.32 Å². The SMILES string of the molecule is CCNCc1cccc(S(=O)(=O)N2CCSCC2)c1. The smallest absolute Gasteiger partial charge is 0.243 e. The lowest BCUT2D eigenvalue weighted by molar-refractivity contribution is 0.443. The molecule has 0 spiro atoms. The first-order valence-electron chi connectivity index (χ1n) is 6.52. The first-order valence-corrected chi connectivity index (χ1v) is 9.11. The second kappa shape index (κ2) is 6.74. The molecule has 0 saturated carbocycles. The van der Waals surface area contributed by atoms with Crippen LogP contribution >= 0.6 is 11.8 Å². The van der Waals surface area contributed by atoms with Crippen molar-refractivity contribution >= 4 is 21.8 Å². The molecule has 0 radical (unpaired) electrons. The molecular weight excluding hydrogens is 280 g/mol. The summed E-state index contributed by atoms with van der Waals surface area (Å²) in [5, 5.41) is 3.21. The number of rotatable bonds is 5. The maximum Gasteiger partial charge on any atom is 0.243 e. The van der Waals surface area contributed by atoms with Crippen LogP contribution in [0.15, 0.2) is 29.2 Å². The average molecular weight is 300 g/mol. The molecule has 2 rings (SSSR count). The molecule has 0 amide bonds. The lowest BCUT2D eigenvalue weighted by atomic mass is 10.2. The quantitative estimate of drug-likeness (QED) is 0.896. The highest BCUT2D eigenvalue weighted by Gasteiger charge is 2.26. The van der Waals surface area contributed by atoms with Crippen LogP contribution in [0, 0.1) is 0 Å². The Morgan fingerprint density at radius 1 is 1.32 bits per heavy atom. The molecule has 0 aromatic heterocycles. The van der Waals surface area contributed by atoms with Crippen molar-refractivity contribution in [2.45, 2.75) is 18.4 Å². The lowest BCUT2D eigenvalue weighted by Gasteiger charge is -2.25. The monoisotopic (exact) mass is 300 g/mol. The van der Waals surface area contributed by atoms with E-state index in [1.54, 1.807) is 16.4 Å². The zero-order valence-electron chi connectivity index (χ0n) is 11.1. The normalized spacial score (nSPS) is 17.5. The second-order valence-electron chi connectivity index (χ2n) is 4.44. The fourth-order valence-electron chi connectivity index (χ4n) is 2.02. The molecule has 1 fully saturated rings. The molecule has 1 N–H and O–H groups in total. The van der Waals surface area contributed by atoms with Crippen LogP contribution in [0.1, 0.15) is 12.5 Å². The number of nitrogens with one attached hydrogen (secondary N) is 1. The third kappa shape index (κ3) is 3.72. The average Bonchev–Trinajstić information content (AvgIpc) is 2.46. The summed E-state index contributed by atoms with van der Waals surface area (Å²) in [5.74, 6) is 1.77. The van der Waals surface area contributed by atoms with Gasteiger partial charge in [-0.05, 0) is 24.2 Å². The van der Waals surface area contributed by atoms with Gasteiger partial charge in [0.25, 0.3) is 0 Å². The van der Waals surface area contributed by atoms with E-state index in [-0.39, 0.29) is 0 Å². The summed E-state index contributed by atoms with van der Waals surface area (Å²) in [6.07, 6.45) is 0. The molecule has 1 saturated heterocycles. The predicted octanol–water partition coefficient (Wildman–Crippen LogP) is 1.53. The highest BCUT2D eigenvalue weighted by Crippen LogP contribution is 2.20. The van der Waals surface area contributed by atoms with Gasteiger partial charge in [0.2, 0.25) is 10.0 Å². The van der Waals surface area contributed by atoms with E-state index in [1.165, 1.54) is 0 Å². The Kier molecular flexibility index (Phi) is 5.27. The van der Waals surface area contributed by atoms with Crippen LogP contribution in [-0.2, 0) is 16.6 Å². The number of hydrogen-bond donors (Lipinski definition) is 1. The molecule has 19 heavy (non-hydrogen) atoms. The Balaban J connectivity index is 2.19. The van der Waals surface area contributed by atoms with Gasteiger partial charge in [-0.1, -0.05) is 19.1 Å². The van der Waals surface area contributed by atoms with Gasteiger partial charge in [-0.25, -0.2) is 8.42 Å². The Labute approximate surface area is 119 Å². The minimum Gasteiger partial charge on any atom is -0.313 e. The van der Waals surface area contributed by atoms with Crippen LogP contribution in [0.4, 0.5) is 0 Å². The van der Waals surface area contributed by atoms with Gasteiger partial charge in [-0.3, -0.25) is 0 Å². The van der Waals surface area contributed by atoms with Crippen molar-refractivity contribution in [3.8, 4) is 0 Å². The van der Waals surface area contributed by atoms with Crippen molar-refractivity contribution in [2.24, 2.45) is 0 Å². The molecule has 0 bridgehead atoms. The van der Waals surface area contributed by atoms with Gasteiger partial charge in [-0.2, -0.15) is 16.1 Å². The number of benzene rings is 1. The molecule has 1 aliphatic rings. The summed E-state index contributed by atoms with van der Waals surface area (Å²) in [6.45, 7) is 4.84. The number of hydrogen-bond acceptors (Lipinski definition) is 4. The molecular formula is C13H20N2O2S2. The Morgan fingerprint density at radius 2 is 2.05 bits per heavy atom. The van der Waals surface area contributed by atoms with Gasteiger partial charge < -0.3 is 5.32 Å². The van der Waals surface area contributed by atoms with Crippen molar-refractivity contribution in [3.63, 3.8) is 0 Å². The number of sulfonamides is 1. The highest BCUT2D eigenvalue weighted by molar-refractivity contribution is 7.99. The van der Waals surface area contributed by atoms with Crippen molar-refractivity contribution in [1.82, 2.24) is 9.62 Å². The first-order chi connectivity index (χ1) is 9.14. The zero-order chi connectivity index (χ0) is 13.7. The third-order valence-corrected chi connectivity index (χ3v) is 5.92. The first kappa shape index (κ1) is 14.8. The predicted molar refractivity (Wildman–Crippen MR) is 79.9 cm³/mol. The maximum absolute atomic E-state index is 12.5. The molecule has 1 aliphatic heterocycles. The van der Waals surface area contributed by atoms with Crippen molar-refractivity contribution < 1.29 is 8.42 Å². The van der Waals surface area contributed by atoms with Crippen molar-refractivity contribution in [1.29, 1.82) is 0 Å². The molecule has 1 aromatic carbocycles. The van der Waals surface area contributed by atoms with Gasteiger partial charge in [-0.15, -0.1) is 0 Å². The second-order valence-corrected chi connectivity index (χ2v) is 7.61. The summed E-state index contributed by atoms with van der Waals surface area (Å²) in [7, 11) is -3.32. The molecule has 0 aliphatic carbocycles. The molecule has 0 atom stereocenters. The summed E-state index contributed by atoms with van der Waals surface area (Å²) in [6, 6.07) is 7.23. The summed E-state index contributed by atoms with van der Waals surface area (Å²) in [4.78, 5) is 0.412. The molecule has 6 heteroatoms. The standard InChI is InChI=1S/C13H20N2O2S2/c1-2-14-11-12-4-3-5-13(10-12)19(16,17)15-6-8-18-9-7-15/h3-5,10,14H,2,6-9,11H2,1H3.